The van der Waals surface area contributed by atoms with Crippen LogP contribution in [0.3, 0.4) is 0 Å². The van der Waals surface area contributed by atoms with Crippen LogP contribution in [0.5, 0.6) is 0 Å². The predicted octanol–water partition coefficient (Wildman–Crippen LogP) is 3.46. The lowest BCUT2D eigenvalue weighted by Gasteiger charge is -1.90. The van der Waals surface area contributed by atoms with Crippen molar-refractivity contribution in [3.8, 4) is 0 Å². The van der Waals surface area contributed by atoms with Gasteiger partial charge in [-0.25, -0.2) is 4.98 Å². The number of nitrogens with one attached hydrogen (secondary N) is 1. The summed E-state index contributed by atoms with van der Waals surface area (Å²) in [5.74, 6) is 0. The third-order valence-corrected chi connectivity index (χ3v) is 2.94. The van der Waals surface area contributed by atoms with Gasteiger partial charge in [-0.3, -0.25) is 0 Å². The lowest BCUT2D eigenvalue weighted by atomic mass is 10.1. The van der Waals surface area contributed by atoms with Crippen molar-refractivity contribution < 1.29 is 4.42 Å². The Labute approximate surface area is 90.7 Å². The smallest absolute Gasteiger partial charge is 0.138 e. The van der Waals surface area contributed by atoms with E-state index in [0.717, 1.165) is 27.5 Å². The first-order valence-corrected chi connectivity index (χ1v) is 5.15. The monoisotopic (exact) mass is 208 g/mol. The van der Waals surface area contributed by atoms with Gasteiger partial charge in [0.1, 0.15) is 11.2 Å². The normalized spacial score (nSPS) is 11.8. The van der Waals surface area contributed by atoms with Crippen molar-refractivity contribution in [2.24, 2.45) is 0 Å². The number of H-pyrrole nitrogens is 1. The van der Waals surface area contributed by atoms with Crippen LogP contribution in [0.15, 0.2) is 47.2 Å². The second kappa shape index (κ2) is 2.64. The first-order valence-electron chi connectivity index (χ1n) is 5.15. The van der Waals surface area contributed by atoms with Gasteiger partial charge in [0.05, 0.1) is 11.8 Å². The van der Waals surface area contributed by atoms with Crippen LogP contribution in [0.2, 0.25) is 0 Å². The first kappa shape index (κ1) is 7.93. The number of rotatable bonds is 0. The molecule has 0 amide bonds. The third kappa shape index (κ3) is 0.896. The number of aromatic nitrogens is 2. The molecule has 0 aliphatic heterocycles. The van der Waals surface area contributed by atoms with E-state index in [9.17, 15) is 0 Å². The molecule has 4 aromatic rings. The Balaban J connectivity index is 2.32. The molecule has 0 aliphatic carbocycles. The fraction of sp³-hybridized carbons (Fsp3) is 0. The second-order valence-corrected chi connectivity index (χ2v) is 3.88. The highest BCUT2D eigenvalue weighted by Crippen LogP contribution is 2.28. The highest BCUT2D eigenvalue weighted by molar-refractivity contribution is 6.10. The van der Waals surface area contributed by atoms with Crippen molar-refractivity contribution >= 4 is 32.9 Å². The van der Waals surface area contributed by atoms with E-state index >= 15 is 0 Å². The van der Waals surface area contributed by atoms with Gasteiger partial charge in [0.15, 0.2) is 0 Å². The third-order valence-electron chi connectivity index (χ3n) is 2.94. The van der Waals surface area contributed by atoms with Crippen LogP contribution in [0.4, 0.5) is 0 Å². The molecule has 1 N–H and O–H groups in total. The summed E-state index contributed by atoms with van der Waals surface area (Å²) in [4.78, 5) is 7.60. The van der Waals surface area contributed by atoms with Crippen LogP contribution in [-0.4, -0.2) is 9.97 Å². The van der Waals surface area contributed by atoms with E-state index in [1.54, 1.807) is 12.5 Å². The average molecular weight is 208 g/mol. The molecule has 3 aromatic heterocycles. The fourth-order valence-corrected chi connectivity index (χ4v) is 2.19. The molecule has 16 heavy (non-hydrogen) atoms. The zero-order valence-electron chi connectivity index (χ0n) is 8.40. The molecule has 76 valence electrons. The Bertz CT molecular complexity index is 810. The fourth-order valence-electron chi connectivity index (χ4n) is 2.19. The van der Waals surface area contributed by atoms with Crippen LogP contribution in [0.25, 0.3) is 32.9 Å². The lowest BCUT2D eigenvalue weighted by molar-refractivity contribution is 0.616. The van der Waals surface area contributed by atoms with Crippen LogP contribution < -0.4 is 0 Å². The van der Waals surface area contributed by atoms with Gasteiger partial charge in [0, 0.05) is 28.4 Å². The minimum atomic E-state index is 0.902. The van der Waals surface area contributed by atoms with Crippen molar-refractivity contribution in [2.45, 2.75) is 0 Å². The first-order chi connectivity index (χ1) is 7.92. The topological polar surface area (TPSA) is 41.8 Å². The van der Waals surface area contributed by atoms with E-state index in [1.165, 1.54) is 5.39 Å². The van der Waals surface area contributed by atoms with E-state index < -0.39 is 0 Å². The van der Waals surface area contributed by atoms with Gasteiger partial charge in [-0.2, -0.15) is 0 Å². The van der Waals surface area contributed by atoms with Gasteiger partial charge >= 0.3 is 0 Å². The average Bonchev–Trinajstić information content (AvgIpc) is 2.88. The quantitative estimate of drug-likeness (QED) is 0.480. The molecule has 0 unspecified atom stereocenters. The van der Waals surface area contributed by atoms with Crippen LogP contribution >= 0.6 is 0 Å². The second-order valence-electron chi connectivity index (χ2n) is 3.88. The maximum absolute atomic E-state index is 5.38. The highest BCUT2D eigenvalue weighted by atomic mass is 16.3. The number of hydrogen-bond acceptors (Lipinski definition) is 2. The molecule has 3 nitrogen and oxygen atoms in total. The maximum atomic E-state index is 5.38. The predicted molar refractivity (Wildman–Crippen MR) is 63.4 cm³/mol. The molecule has 3 heterocycles. The molecule has 0 bridgehead atoms. The molecule has 0 atom stereocenters. The van der Waals surface area contributed by atoms with Crippen molar-refractivity contribution in [3.05, 3.63) is 42.8 Å². The number of fused-ring (bicyclic) bond motifs is 4. The van der Waals surface area contributed by atoms with Crippen molar-refractivity contribution in [1.82, 2.24) is 9.97 Å². The van der Waals surface area contributed by atoms with Crippen molar-refractivity contribution in [1.29, 1.82) is 0 Å². The van der Waals surface area contributed by atoms with E-state index in [4.69, 9.17) is 4.42 Å². The molecule has 0 fully saturated rings. The number of nitrogens with zero attached hydrogens (tertiary/aromatic N) is 1. The number of benzene rings is 1. The van der Waals surface area contributed by atoms with Gasteiger partial charge in [0.25, 0.3) is 0 Å². The molecule has 0 saturated heterocycles. The Morgan fingerprint density at radius 1 is 1.12 bits per heavy atom. The van der Waals surface area contributed by atoms with E-state index in [0.29, 0.717) is 0 Å². The van der Waals surface area contributed by atoms with Crippen LogP contribution in [0, 0.1) is 0 Å². The van der Waals surface area contributed by atoms with Gasteiger partial charge in [0.2, 0.25) is 0 Å². The summed E-state index contributed by atoms with van der Waals surface area (Å²) in [6.45, 7) is 0. The van der Waals surface area contributed by atoms with Crippen molar-refractivity contribution in [2.75, 3.05) is 0 Å². The molecular weight excluding hydrogens is 200 g/mol. The Kier molecular flexibility index (Phi) is 1.31. The van der Waals surface area contributed by atoms with Gasteiger partial charge < -0.3 is 9.40 Å². The molecular formula is C13H8N2O. The number of pyridine rings is 1. The standard InChI is InChI=1S/C13H8N2O/c1-2-9-10-6-8-3-5-16-12(8)7-11(10)15-13(9)14-4-1/h1-7H,(H,14,15). The minimum absolute atomic E-state index is 0.902. The summed E-state index contributed by atoms with van der Waals surface area (Å²) < 4.78 is 5.38. The maximum Gasteiger partial charge on any atom is 0.138 e. The lowest BCUT2D eigenvalue weighted by Crippen LogP contribution is -1.71. The largest absolute Gasteiger partial charge is 0.464 e. The molecule has 0 radical (unpaired) electrons. The number of aromatic amines is 1. The zero-order valence-corrected chi connectivity index (χ0v) is 8.40. The Hall–Kier alpha value is -2.29. The van der Waals surface area contributed by atoms with Crippen molar-refractivity contribution in [3.63, 3.8) is 0 Å². The number of hydrogen-bond donors (Lipinski definition) is 1. The van der Waals surface area contributed by atoms with E-state index in [1.807, 2.05) is 18.2 Å². The summed E-state index contributed by atoms with van der Waals surface area (Å²) in [5.41, 5.74) is 2.89. The molecule has 0 aliphatic rings. The van der Waals surface area contributed by atoms with Crippen LogP contribution in [0.1, 0.15) is 0 Å². The summed E-state index contributed by atoms with van der Waals surface area (Å²) in [7, 11) is 0. The summed E-state index contributed by atoms with van der Waals surface area (Å²) in [5, 5.41) is 3.47. The van der Waals surface area contributed by atoms with E-state index in [2.05, 4.69) is 22.1 Å². The summed E-state index contributed by atoms with van der Waals surface area (Å²) in [6, 6.07) is 10.2. The SMILES string of the molecule is c1cnc2[nH]c3cc4occc4cc3c2c1. The van der Waals surface area contributed by atoms with Gasteiger partial charge in [-0.15, -0.1) is 0 Å². The molecule has 3 heteroatoms. The Morgan fingerprint density at radius 3 is 3.12 bits per heavy atom. The minimum Gasteiger partial charge on any atom is -0.464 e. The Morgan fingerprint density at radius 2 is 2.12 bits per heavy atom. The highest BCUT2D eigenvalue weighted by Gasteiger charge is 2.06. The number of furan rings is 1. The zero-order chi connectivity index (χ0) is 10.5. The molecule has 0 saturated carbocycles. The van der Waals surface area contributed by atoms with Gasteiger partial charge in [-0.05, 0) is 24.3 Å². The summed E-state index contributed by atoms with van der Waals surface area (Å²) >= 11 is 0. The van der Waals surface area contributed by atoms with Crippen LogP contribution in [-0.2, 0) is 0 Å². The van der Waals surface area contributed by atoms with E-state index in [-0.39, 0.29) is 0 Å². The summed E-state index contributed by atoms with van der Waals surface area (Å²) in [6.07, 6.45) is 3.51. The molecule has 0 spiro atoms. The molecule has 4 rings (SSSR count). The molecule has 1 aromatic carbocycles. The van der Waals surface area contributed by atoms with Gasteiger partial charge in [-0.1, -0.05) is 0 Å².